The molecule has 2 amide bonds. The molecular formula is C20H19ClN2O4. The van der Waals surface area contributed by atoms with Gasteiger partial charge < -0.3 is 19.3 Å². The highest BCUT2D eigenvalue weighted by Crippen LogP contribution is 2.37. The molecule has 0 aromatic heterocycles. The third kappa shape index (κ3) is 3.45. The highest BCUT2D eigenvalue weighted by molar-refractivity contribution is 6.31. The molecule has 1 saturated heterocycles. The van der Waals surface area contributed by atoms with Crippen LogP contribution in [0.25, 0.3) is 0 Å². The van der Waals surface area contributed by atoms with Crippen molar-refractivity contribution < 1.29 is 19.1 Å². The number of rotatable bonds is 4. The van der Waals surface area contributed by atoms with Gasteiger partial charge in [0.2, 0.25) is 18.6 Å². The Kier molecular flexibility index (Phi) is 4.66. The summed E-state index contributed by atoms with van der Waals surface area (Å²) in [6, 6.07) is 12.8. The summed E-state index contributed by atoms with van der Waals surface area (Å²) >= 11 is 6.18. The first-order valence-corrected chi connectivity index (χ1v) is 9.09. The molecule has 0 N–H and O–H groups in total. The minimum atomic E-state index is -0.379. The van der Waals surface area contributed by atoms with Crippen molar-refractivity contribution in [2.75, 3.05) is 25.3 Å². The Bertz CT molecular complexity index is 901. The molecule has 0 bridgehead atoms. The van der Waals surface area contributed by atoms with Gasteiger partial charge in [0, 0.05) is 43.3 Å². The van der Waals surface area contributed by atoms with Gasteiger partial charge in [0.1, 0.15) is 0 Å². The normalized spacial score (nSPS) is 18.1. The molecule has 2 aliphatic rings. The van der Waals surface area contributed by atoms with Gasteiger partial charge in [-0.05, 0) is 23.8 Å². The van der Waals surface area contributed by atoms with Gasteiger partial charge in [0.25, 0.3) is 0 Å². The molecule has 7 heteroatoms. The van der Waals surface area contributed by atoms with E-state index in [0.717, 1.165) is 5.56 Å². The molecule has 0 radical (unpaired) electrons. The maximum atomic E-state index is 12.8. The van der Waals surface area contributed by atoms with Gasteiger partial charge in [-0.3, -0.25) is 9.59 Å². The van der Waals surface area contributed by atoms with E-state index in [1.807, 2.05) is 24.3 Å². The predicted molar refractivity (Wildman–Crippen MR) is 101 cm³/mol. The van der Waals surface area contributed by atoms with Crippen LogP contribution in [-0.4, -0.2) is 37.1 Å². The van der Waals surface area contributed by atoms with Crippen molar-refractivity contribution in [3.8, 4) is 11.5 Å². The number of amides is 2. The van der Waals surface area contributed by atoms with Gasteiger partial charge >= 0.3 is 0 Å². The number of carbonyl (C=O) groups is 2. The number of benzene rings is 2. The second-order valence-corrected chi connectivity index (χ2v) is 7.14. The molecule has 0 spiro atoms. The third-order valence-corrected chi connectivity index (χ3v) is 5.25. The van der Waals surface area contributed by atoms with Crippen molar-refractivity contribution in [1.29, 1.82) is 0 Å². The Labute approximate surface area is 162 Å². The monoisotopic (exact) mass is 386 g/mol. The Morgan fingerprint density at radius 3 is 2.81 bits per heavy atom. The van der Waals surface area contributed by atoms with Crippen LogP contribution in [-0.2, 0) is 16.1 Å². The van der Waals surface area contributed by atoms with Gasteiger partial charge in [-0.25, -0.2) is 0 Å². The summed E-state index contributed by atoms with van der Waals surface area (Å²) in [5, 5.41) is 0.627. The molecule has 1 fully saturated rings. The number of ether oxygens (including phenoxy) is 2. The zero-order valence-corrected chi connectivity index (χ0v) is 15.6. The highest BCUT2D eigenvalue weighted by atomic mass is 35.5. The van der Waals surface area contributed by atoms with Crippen molar-refractivity contribution in [3.05, 3.63) is 53.1 Å². The summed E-state index contributed by atoms with van der Waals surface area (Å²) in [5.74, 6) is 0.767. The molecule has 1 unspecified atom stereocenters. The molecule has 4 rings (SSSR count). The van der Waals surface area contributed by atoms with Crippen molar-refractivity contribution >= 4 is 29.1 Å². The Morgan fingerprint density at radius 1 is 1.22 bits per heavy atom. The lowest BCUT2D eigenvalue weighted by atomic mass is 10.1. The van der Waals surface area contributed by atoms with E-state index in [9.17, 15) is 9.59 Å². The van der Waals surface area contributed by atoms with E-state index < -0.39 is 0 Å². The van der Waals surface area contributed by atoms with Gasteiger partial charge in [-0.15, -0.1) is 0 Å². The van der Waals surface area contributed by atoms with Crippen LogP contribution in [0.3, 0.4) is 0 Å². The number of anilines is 1. The number of nitrogens with zero attached hydrogens (tertiary/aromatic N) is 2. The maximum absolute atomic E-state index is 12.8. The lowest BCUT2D eigenvalue weighted by Crippen LogP contribution is -2.34. The van der Waals surface area contributed by atoms with Crippen LogP contribution < -0.4 is 14.4 Å². The average molecular weight is 387 g/mol. The predicted octanol–water partition coefficient (Wildman–Crippen LogP) is 3.08. The van der Waals surface area contributed by atoms with Crippen LogP contribution in [0.5, 0.6) is 11.5 Å². The molecule has 6 nitrogen and oxygen atoms in total. The minimum Gasteiger partial charge on any atom is -0.454 e. The fourth-order valence-electron chi connectivity index (χ4n) is 3.45. The van der Waals surface area contributed by atoms with E-state index in [0.29, 0.717) is 35.3 Å². The molecule has 2 heterocycles. The molecule has 2 aliphatic heterocycles. The standard InChI is InChI=1S/C20H19ClN2O4/c1-22(10-13-4-2-3-5-16(13)21)20(25)14-8-19(24)23(11-14)15-6-7-17-18(9-15)27-12-26-17/h2-7,9,14H,8,10-12H2,1H3. The van der Waals surface area contributed by atoms with E-state index >= 15 is 0 Å². The first-order valence-electron chi connectivity index (χ1n) is 8.71. The van der Waals surface area contributed by atoms with Crippen LogP contribution >= 0.6 is 11.6 Å². The average Bonchev–Trinajstić information content (AvgIpc) is 3.28. The number of fused-ring (bicyclic) bond motifs is 1. The van der Waals surface area contributed by atoms with Crippen molar-refractivity contribution in [2.45, 2.75) is 13.0 Å². The van der Waals surface area contributed by atoms with Gasteiger partial charge in [-0.1, -0.05) is 29.8 Å². The summed E-state index contributed by atoms with van der Waals surface area (Å²) in [5.41, 5.74) is 1.60. The molecule has 27 heavy (non-hydrogen) atoms. The topological polar surface area (TPSA) is 59.1 Å². The van der Waals surface area contributed by atoms with E-state index in [-0.39, 0.29) is 30.9 Å². The van der Waals surface area contributed by atoms with Crippen LogP contribution in [0.2, 0.25) is 5.02 Å². The second-order valence-electron chi connectivity index (χ2n) is 6.73. The van der Waals surface area contributed by atoms with Gasteiger partial charge in [0.15, 0.2) is 11.5 Å². The number of carbonyl (C=O) groups excluding carboxylic acids is 2. The molecule has 2 aromatic rings. The first kappa shape index (κ1) is 17.7. The van der Waals surface area contributed by atoms with Gasteiger partial charge in [0.05, 0.1) is 5.92 Å². The minimum absolute atomic E-state index is 0.0634. The van der Waals surface area contributed by atoms with Crippen LogP contribution in [0.1, 0.15) is 12.0 Å². The molecule has 1 atom stereocenters. The number of hydrogen-bond acceptors (Lipinski definition) is 4. The fourth-order valence-corrected chi connectivity index (χ4v) is 3.64. The molecule has 2 aromatic carbocycles. The largest absolute Gasteiger partial charge is 0.454 e. The number of hydrogen-bond donors (Lipinski definition) is 0. The maximum Gasteiger partial charge on any atom is 0.231 e. The summed E-state index contributed by atoms with van der Waals surface area (Å²) in [7, 11) is 1.74. The summed E-state index contributed by atoms with van der Waals surface area (Å²) in [4.78, 5) is 28.6. The lowest BCUT2D eigenvalue weighted by molar-refractivity contribution is -0.135. The van der Waals surface area contributed by atoms with E-state index in [4.69, 9.17) is 21.1 Å². The zero-order valence-electron chi connectivity index (χ0n) is 14.9. The molecule has 0 saturated carbocycles. The molecular weight excluding hydrogens is 368 g/mol. The van der Waals surface area contributed by atoms with Crippen LogP contribution in [0.4, 0.5) is 5.69 Å². The zero-order chi connectivity index (χ0) is 19.0. The summed E-state index contributed by atoms with van der Waals surface area (Å²) < 4.78 is 10.7. The van der Waals surface area contributed by atoms with E-state index in [2.05, 4.69) is 0 Å². The highest BCUT2D eigenvalue weighted by Gasteiger charge is 2.37. The summed E-state index contributed by atoms with van der Waals surface area (Å²) in [6.45, 7) is 0.943. The van der Waals surface area contributed by atoms with Crippen molar-refractivity contribution in [1.82, 2.24) is 4.90 Å². The SMILES string of the molecule is CN(Cc1ccccc1Cl)C(=O)C1CC(=O)N(c2ccc3c(c2)OCO3)C1. The smallest absolute Gasteiger partial charge is 0.231 e. The van der Waals surface area contributed by atoms with Crippen LogP contribution in [0, 0.1) is 5.92 Å². The quantitative estimate of drug-likeness (QED) is 0.810. The van der Waals surface area contributed by atoms with Crippen molar-refractivity contribution in [2.24, 2.45) is 5.92 Å². The second kappa shape index (κ2) is 7.12. The van der Waals surface area contributed by atoms with E-state index in [1.54, 1.807) is 35.0 Å². The number of halogens is 1. The van der Waals surface area contributed by atoms with Crippen LogP contribution in [0.15, 0.2) is 42.5 Å². The lowest BCUT2D eigenvalue weighted by Gasteiger charge is -2.22. The van der Waals surface area contributed by atoms with Crippen molar-refractivity contribution in [3.63, 3.8) is 0 Å². The Balaban J connectivity index is 1.45. The van der Waals surface area contributed by atoms with Gasteiger partial charge in [-0.2, -0.15) is 0 Å². The molecule has 140 valence electrons. The molecule has 0 aliphatic carbocycles. The fraction of sp³-hybridized carbons (Fsp3) is 0.300. The third-order valence-electron chi connectivity index (χ3n) is 4.88. The van der Waals surface area contributed by atoms with E-state index in [1.165, 1.54) is 0 Å². The summed E-state index contributed by atoms with van der Waals surface area (Å²) in [6.07, 6.45) is 0.195. The first-order chi connectivity index (χ1) is 13.0. The Morgan fingerprint density at radius 2 is 2.00 bits per heavy atom. The Hall–Kier alpha value is -2.73.